The van der Waals surface area contributed by atoms with Crippen molar-refractivity contribution in [1.82, 2.24) is 0 Å². The van der Waals surface area contributed by atoms with E-state index in [2.05, 4.69) is 0 Å². The van der Waals surface area contributed by atoms with Crippen LogP contribution in [0.2, 0.25) is 0 Å². The Labute approximate surface area is 125 Å². The molecule has 1 rings (SSSR count). The summed E-state index contributed by atoms with van der Waals surface area (Å²) in [6.45, 7) is 5.89. The first-order valence-corrected chi connectivity index (χ1v) is 7.39. The van der Waals surface area contributed by atoms with Crippen LogP contribution in [0.25, 0.3) is 0 Å². The average molecular weight is 302 g/mol. The van der Waals surface area contributed by atoms with Crippen LogP contribution in [0.4, 0.5) is 18.9 Å². The Balaban J connectivity index is 3.19. The summed E-state index contributed by atoms with van der Waals surface area (Å²) in [6, 6.07) is 4.49. The maximum atomic E-state index is 13.3. The van der Waals surface area contributed by atoms with Gasteiger partial charge in [-0.05, 0) is 43.9 Å². The van der Waals surface area contributed by atoms with E-state index in [1.54, 1.807) is 12.1 Å². The van der Waals surface area contributed by atoms with E-state index in [1.165, 1.54) is 6.07 Å². The molecule has 0 spiro atoms. The molecule has 1 aromatic rings. The van der Waals surface area contributed by atoms with Crippen LogP contribution in [0.15, 0.2) is 18.2 Å². The number of hydrogen-bond donors (Lipinski definition) is 1. The maximum Gasteiger partial charge on any atom is 0.416 e. The Kier molecular flexibility index (Phi) is 6.08. The molecule has 21 heavy (non-hydrogen) atoms. The normalized spacial score (nSPS) is 14.9. The van der Waals surface area contributed by atoms with Crippen LogP contribution in [-0.4, -0.2) is 19.1 Å². The predicted octanol–water partition coefficient (Wildman–Crippen LogP) is 4.22. The van der Waals surface area contributed by atoms with E-state index < -0.39 is 11.7 Å². The van der Waals surface area contributed by atoms with Gasteiger partial charge in [-0.25, -0.2) is 0 Å². The zero-order valence-corrected chi connectivity index (χ0v) is 13.2. The first-order chi connectivity index (χ1) is 9.70. The molecule has 0 saturated carbocycles. The van der Waals surface area contributed by atoms with Crippen LogP contribution in [0.1, 0.15) is 44.7 Å². The Morgan fingerprint density at radius 3 is 2.29 bits per heavy atom. The summed E-state index contributed by atoms with van der Waals surface area (Å²) in [5.41, 5.74) is 6.10. The molecule has 0 saturated heterocycles. The zero-order chi connectivity index (χ0) is 16.2. The van der Waals surface area contributed by atoms with Crippen LogP contribution in [0.5, 0.6) is 0 Å². The maximum absolute atomic E-state index is 13.3. The van der Waals surface area contributed by atoms with Crippen LogP contribution < -0.4 is 10.6 Å². The standard InChI is InChI=1S/C16H25F3N2/c1-5-11(3)21(4)14-8-7-12(9-13(20)6-2)15(10-14)16(17,18)19/h7-8,10-11,13H,5-6,9,20H2,1-4H3. The van der Waals surface area contributed by atoms with Crippen molar-refractivity contribution in [3.63, 3.8) is 0 Å². The Morgan fingerprint density at radius 2 is 1.81 bits per heavy atom. The summed E-state index contributed by atoms with van der Waals surface area (Å²) in [6.07, 6.45) is -2.57. The lowest BCUT2D eigenvalue weighted by molar-refractivity contribution is -0.138. The number of benzene rings is 1. The summed E-state index contributed by atoms with van der Waals surface area (Å²) >= 11 is 0. The molecule has 0 radical (unpaired) electrons. The number of alkyl halides is 3. The number of nitrogens with zero attached hydrogens (tertiary/aromatic N) is 1. The smallest absolute Gasteiger partial charge is 0.372 e. The predicted molar refractivity (Wildman–Crippen MR) is 81.6 cm³/mol. The molecule has 0 heterocycles. The SMILES string of the molecule is CCC(N)Cc1ccc(N(C)C(C)CC)cc1C(F)(F)F. The lowest BCUT2D eigenvalue weighted by Crippen LogP contribution is -2.29. The molecule has 2 unspecified atom stereocenters. The number of nitrogens with two attached hydrogens (primary N) is 1. The third-order valence-corrected chi connectivity index (χ3v) is 4.06. The number of anilines is 1. The summed E-state index contributed by atoms with van der Waals surface area (Å²) in [4.78, 5) is 1.87. The minimum atomic E-state index is -4.35. The third kappa shape index (κ3) is 4.63. The molecule has 2 N–H and O–H groups in total. The molecular weight excluding hydrogens is 277 g/mol. The number of hydrogen-bond acceptors (Lipinski definition) is 2. The molecule has 0 aliphatic carbocycles. The largest absolute Gasteiger partial charge is 0.416 e. The molecule has 0 fully saturated rings. The third-order valence-electron chi connectivity index (χ3n) is 4.06. The lowest BCUT2D eigenvalue weighted by Gasteiger charge is -2.27. The van der Waals surface area contributed by atoms with Gasteiger partial charge < -0.3 is 10.6 Å². The van der Waals surface area contributed by atoms with E-state index >= 15 is 0 Å². The van der Waals surface area contributed by atoms with E-state index in [-0.39, 0.29) is 24.1 Å². The van der Waals surface area contributed by atoms with Crippen LogP contribution in [0, 0.1) is 0 Å². The highest BCUT2D eigenvalue weighted by Gasteiger charge is 2.34. The van der Waals surface area contributed by atoms with E-state index in [1.807, 2.05) is 32.7 Å². The quantitative estimate of drug-likeness (QED) is 0.852. The molecule has 5 heteroatoms. The van der Waals surface area contributed by atoms with Crippen LogP contribution in [0.3, 0.4) is 0 Å². The molecule has 2 atom stereocenters. The molecular formula is C16H25F3N2. The number of halogens is 3. The molecule has 0 aliphatic rings. The van der Waals surface area contributed by atoms with Gasteiger partial charge in [-0.3, -0.25) is 0 Å². The van der Waals surface area contributed by atoms with Gasteiger partial charge in [0, 0.05) is 24.8 Å². The molecule has 0 amide bonds. The monoisotopic (exact) mass is 302 g/mol. The van der Waals surface area contributed by atoms with Gasteiger partial charge >= 0.3 is 6.18 Å². The molecule has 2 nitrogen and oxygen atoms in total. The molecule has 1 aromatic carbocycles. The molecule has 0 aromatic heterocycles. The zero-order valence-electron chi connectivity index (χ0n) is 13.2. The van der Waals surface area contributed by atoms with Gasteiger partial charge in [-0.1, -0.05) is 19.9 Å². The van der Waals surface area contributed by atoms with Crippen molar-refractivity contribution >= 4 is 5.69 Å². The summed E-state index contributed by atoms with van der Waals surface area (Å²) in [5, 5.41) is 0. The fourth-order valence-corrected chi connectivity index (χ4v) is 2.18. The van der Waals surface area contributed by atoms with Gasteiger partial charge in [-0.2, -0.15) is 13.2 Å². The first-order valence-electron chi connectivity index (χ1n) is 7.39. The molecule has 0 aliphatic heterocycles. The fraction of sp³-hybridized carbons (Fsp3) is 0.625. The highest BCUT2D eigenvalue weighted by molar-refractivity contribution is 5.52. The highest BCUT2D eigenvalue weighted by atomic mass is 19.4. The highest BCUT2D eigenvalue weighted by Crippen LogP contribution is 2.35. The fourth-order valence-electron chi connectivity index (χ4n) is 2.18. The topological polar surface area (TPSA) is 29.3 Å². The van der Waals surface area contributed by atoms with Crippen LogP contribution in [-0.2, 0) is 12.6 Å². The van der Waals surface area contributed by atoms with E-state index in [9.17, 15) is 13.2 Å². The molecule has 120 valence electrons. The molecule has 0 bridgehead atoms. The second-order valence-electron chi connectivity index (χ2n) is 5.58. The van der Waals surface area contributed by atoms with Gasteiger partial charge in [-0.15, -0.1) is 0 Å². The number of rotatable bonds is 6. The van der Waals surface area contributed by atoms with Crippen molar-refractivity contribution in [2.75, 3.05) is 11.9 Å². The average Bonchev–Trinajstić information content (AvgIpc) is 2.44. The van der Waals surface area contributed by atoms with Crippen molar-refractivity contribution in [1.29, 1.82) is 0 Å². The van der Waals surface area contributed by atoms with Gasteiger partial charge in [0.2, 0.25) is 0 Å². The Bertz CT molecular complexity index is 457. The van der Waals surface area contributed by atoms with Gasteiger partial charge in [0.05, 0.1) is 5.56 Å². The van der Waals surface area contributed by atoms with Crippen molar-refractivity contribution in [3.8, 4) is 0 Å². The second-order valence-corrected chi connectivity index (χ2v) is 5.58. The van der Waals surface area contributed by atoms with Crippen molar-refractivity contribution < 1.29 is 13.2 Å². The van der Waals surface area contributed by atoms with Crippen molar-refractivity contribution in [2.45, 2.75) is 58.3 Å². The van der Waals surface area contributed by atoms with Gasteiger partial charge in [0.1, 0.15) is 0 Å². The summed E-state index contributed by atoms with van der Waals surface area (Å²) in [5.74, 6) is 0. The summed E-state index contributed by atoms with van der Waals surface area (Å²) < 4.78 is 39.8. The summed E-state index contributed by atoms with van der Waals surface area (Å²) in [7, 11) is 1.82. The van der Waals surface area contributed by atoms with Crippen molar-refractivity contribution in [2.24, 2.45) is 5.73 Å². The van der Waals surface area contributed by atoms with Crippen LogP contribution >= 0.6 is 0 Å². The first kappa shape index (κ1) is 17.8. The van der Waals surface area contributed by atoms with Gasteiger partial charge in [0.25, 0.3) is 0 Å². The second kappa shape index (κ2) is 7.16. The Hall–Kier alpha value is -1.23. The van der Waals surface area contributed by atoms with E-state index in [0.29, 0.717) is 12.1 Å². The minimum Gasteiger partial charge on any atom is -0.372 e. The van der Waals surface area contributed by atoms with E-state index in [4.69, 9.17) is 5.73 Å². The minimum absolute atomic E-state index is 0.190. The Morgan fingerprint density at radius 1 is 1.19 bits per heavy atom. The van der Waals surface area contributed by atoms with E-state index in [0.717, 1.165) is 6.42 Å². The van der Waals surface area contributed by atoms with Crippen molar-refractivity contribution in [3.05, 3.63) is 29.3 Å². The van der Waals surface area contributed by atoms with Gasteiger partial charge in [0.15, 0.2) is 0 Å². The lowest BCUT2D eigenvalue weighted by atomic mass is 9.98.